The van der Waals surface area contributed by atoms with Crippen LogP contribution in [0.5, 0.6) is 11.5 Å². The van der Waals surface area contributed by atoms with E-state index < -0.39 is 0 Å². The highest BCUT2D eigenvalue weighted by atomic mass is 16.5. The van der Waals surface area contributed by atoms with Gasteiger partial charge in [0.2, 0.25) is 0 Å². The third kappa shape index (κ3) is 6.19. The summed E-state index contributed by atoms with van der Waals surface area (Å²) in [4.78, 5) is 12.6. The number of benzene rings is 3. The number of hydrogen-bond donors (Lipinski definition) is 3. The largest absolute Gasteiger partial charge is 0.497 e. The standard InChI is InChI=1S/C24H23N3O4/c1-30-22-11-7-17(8-12-22)3-4-19-13-21(15-23(14-19)31-2)26-24(28)20-9-5-18(6-10-20)16-25-27-29/h3-16,27,29H,1-2H3,(H,26,28)/b4-3+,25-16+. The summed E-state index contributed by atoms with van der Waals surface area (Å²) in [6, 6.07) is 20.0. The minimum atomic E-state index is -0.248. The quantitative estimate of drug-likeness (QED) is 0.286. The van der Waals surface area contributed by atoms with Gasteiger partial charge in [-0.05, 0) is 53.1 Å². The van der Waals surface area contributed by atoms with Gasteiger partial charge in [-0.3, -0.25) is 10.0 Å². The second kappa shape index (κ2) is 10.6. The smallest absolute Gasteiger partial charge is 0.255 e. The first-order valence-corrected chi connectivity index (χ1v) is 9.46. The van der Waals surface area contributed by atoms with Gasteiger partial charge in [0.05, 0.1) is 20.4 Å². The van der Waals surface area contributed by atoms with Crippen molar-refractivity contribution in [1.29, 1.82) is 0 Å². The number of carbonyl (C=O) groups excluding carboxylic acids is 1. The van der Waals surface area contributed by atoms with Gasteiger partial charge in [-0.2, -0.15) is 10.7 Å². The zero-order valence-corrected chi connectivity index (χ0v) is 17.2. The predicted molar refractivity (Wildman–Crippen MR) is 122 cm³/mol. The van der Waals surface area contributed by atoms with E-state index in [0.717, 1.165) is 22.4 Å². The molecule has 1 amide bonds. The van der Waals surface area contributed by atoms with Crippen molar-refractivity contribution in [3.05, 3.63) is 89.0 Å². The Morgan fingerprint density at radius 3 is 2.13 bits per heavy atom. The molecule has 0 fully saturated rings. The first-order chi connectivity index (χ1) is 15.1. The molecule has 158 valence electrons. The lowest BCUT2D eigenvalue weighted by molar-refractivity contribution is 0.102. The maximum absolute atomic E-state index is 12.6. The zero-order valence-electron chi connectivity index (χ0n) is 17.2. The Balaban J connectivity index is 1.75. The molecule has 0 bridgehead atoms. The number of anilines is 1. The van der Waals surface area contributed by atoms with Gasteiger partial charge in [0.1, 0.15) is 11.5 Å². The van der Waals surface area contributed by atoms with Gasteiger partial charge in [-0.25, -0.2) is 0 Å². The summed E-state index contributed by atoms with van der Waals surface area (Å²) in [6.45, 7) is 0. The van der Waals surface area contributed by atoms with Crippen molar-refractivity contribution >= 4 is 30.0 Å². The Labute approximate surface area is 180 Å². The molecule has 0 aliphatic carbocycles. The highest BCUT2D eigenvalue weighted by Crippen LogP contribution is 2.23. The predicted octanol–water partition coefficient (Wildman–Crippen LogP) is 4.44. The lowest BCUT2D eigenvalue weighted by Gasteiger charge is -2.09. The molecule has 0 radical (unpaired) electrons. The molecule has 0 atom stereocenters. The van der Waals surface area contributed by atoms with Gasteiger partial charge in [-0.15, -0.1) is 0 Å². The van der Waals surface area contributed by atoms with Gasteiger partial charge in [-0.1, -0.05) is 36.4 Å². The van der Waals surface area contributed by atoms with Crippen molar-refractivity contribution in [3.63, 3.8) is 0 Å². The van der Waals surface area contributed by atoms with Gasteiger partial charge in [0, 0.05) is 17.3 Å². The molecule has 0 aliphatic rings. The monoisotopic (exact) mass is 417 g/mol. The number of hydrazone groups is 1. The van der Waals surface area contributed by atoms with E-state index in [0.29, 0.717) is 17.0 Å². The SMILES string of the molecule is COc1ccc(/C=C/c2cc(NC(=O)c3ccc(/C=N/NO)cc3)cc(OC)c2)cc1. The van der Waals surface area contributed by atoms with Crippen LogP contribution in [0.4, 0.5) is 5.69 Å². The van der Waals surface area contributed by atoms with E-state index in [1.807, 2.05) is 48.6 Å². The van der Waals surface area contributed by atoms with Crippen LogP contribution in [0, 0.1) is 0 Å². The normalized spacial score (nSPS) is 10.9. The second-order valence-electron chi connectivity index (χ2n) is 6.54. The molecule has 0 unspecified atom stereocenters. The number of ether oxygens (including phenoxy) is 2. The summed E-state index contributed by atoms with van der Waals surface area (Å²) < 4.78 is 10.6. The van der Waals surface area contributed by atoms with Crippen LogP contribution in [0.1, 0.15) is 27.0 Å². The van der Waals surface area contributed by atoms with E-state index in [9.17, 15) is 4.79 Å². The summed E-state index contributed by atoms with van der Waals surface area (Å²) in [5.74, 6) is 1.19. The summed E-state index contributed by atoms with van der Waals surface area (Å²) in [7, 11) is 3.22. The molecule has 0 spiro atoms. The molecule has 0 heterocycles. The topological polar surface area (TPSA) is 92.2 Å². The Morgan fingerprint density at radius 1 is 0.839 bits per heavy atom. The molecule has 0 aliphatic heterocycles. The molecule has 7 nitrogen and oxygen atoms in total. The fourth-order valence-electron chi connectivity index (χ4n) is 2.84. The molecular formula is C24H23N3O4. The Kier molecular flexibility index (Phi) is 7.40. The van der Waals surface area contributed by atoms with E-state index in [1.165, 1.54) is 6.21 Å². The Hall–Kier alpha value is -4.10. The Morgan fingerprint density at radius 2 is 1.48 bits per heavy atom. The van der Waals surface area contributed by atoms with Gasteiger partial charge in [0.15, 0.2) is 0 Å². The molecule has 0 aromatic heterocycles. The third-order valence-corrected chi connectivity index (χ3v) is 4.45. The number of rotatable bonds is 8. The number of methoxy groups -OCH3 is 2. The van der Waals surface area contributed by atoms with Crippen LogP contribution < -0.4 is 20.4 Å². The summed E-state index contributed by atoms with van der Waals surface area (Å²) in [6.07, 6.45) is 5.36. The average Bonchev–Trinajstić information content (AvgIpc) is 2.81. The number of amides is 1. The Bertz CT molecular complexity index is 1070. The van der Waals surface area contributed by atoms with Crippen molar-refractivity contribution in [1.82, 2.24) is 5.59 Å². The summed E-state index contributed by atoms with van der Waals surface area (Å²) in [5.41, 5.74) is 5.45. The summed E-state index contributed by atoms with van der Waals surface area (Å²) >= 11 is 0. The number of carbonyl (C=O) groups is 1. The van der Waals surface area contributed by atoms with Crippen molar-refractivity contribution in [2.24, 2.45) is 5.10 Å². The van der Waals surface area contributed by atoms with Crippen LogP contribution in [0.3, 0.4) is 0 Å². The highest BCUT2D eigenvalue weighted by molar-refractivity contribution is 6.04. The van der Waals surface area contributed by atoms with Crippen LogP contribution in [-0.4, -0.2) is 31.5 Å². The van der Waals surface area contributed by atoms with E-state index >= 15 is 0 Å². The molecule has 3 aromatic carbocycles. The minimum Gasteiger partial charge on any atom is -0.497 e. The van der Waals surface area contributed by atoms with Gasteiger partial charge in [0.25, 0.3) is 5.91 Å². The van der Waals surface area contributed by atoms with Gasteiger partial charge >= 0.3 is 0 Å². The van der Waals surface area contributed by atoms with E-state index in [1.54, 1.807) is 50.1 Å². The molecule has 31 heavy (non-hydrogen) atoms. The van der Waals surface area contributed by atoms with E-state index in [4.69, 9.17) is 14.7 Å². The van der Waals surface area contributed by atoms with Crippen LogP contribution in [-0.2, 0) is 0 Å². The van der Waals surface area contributed by atoms with Crippen LogP contribution >= 0.6 is 0 Å². The molecular weight excluding hydrogens is 394 g/mol. The third-order valence-electron chi connectivity index (χ3n) is 4.45. The molecule has 3 rings (SSSR count). The van der Waals surface area contributed by atoms with Crippen LogP contribution in [0.2, 0.25) is 0 Å². The fraction of sp³-hybridized carbons (Fsp3) is 0.0833. The minimum absolute atomic E-state index is 0.248. The highest BCUT2D eigenvalue weighted by Gasteiger charge is 2.08. The molecule has 3 aromatic rings. The lowest BCUT2D eigenvalue weighted by atomic mass is 10.1. The van der Waals surface area contributed by atoms with Crippen molar-refractivity contribution in [3.8, 4) is 11.5 Å². The fourth-order valence-corrected chi connectivity index (χ4v) is 2.84. The van der Waals surface area contributed by atoms with Gasteiger partial charge < -0.3 is 14.8 Å². The molecule has 0 saturated heterocycles. The molecule has 3 N–H and O–H groups in total. The summed E-state index contributed by atoms with van der Waals surface area (Å²) in [5, 5.41) is 14.9. The zero-order chi connectivity index (χ0) is 22.1. The molecule has 0 saturated carbocycles. The number of hydrogen-bond acceptors (Lipinski definition) is 6. The number of nitrogens with one attached hydrogen (secondary N) is 2. The first kappa shape index (κ1) is 21.6. The maximum Gasteiger partial charge on any atom is 0.255 e. The first-order valence-electron chi connectivity index (χ1n) is 9.46. The average molecular weight is 417 g/mol. The maximum atomic E-state index is 12.6. The van der Waals surface area contributed by atoms with Crippen molar-refractivity contribution < 1.29 is 19.5 Å². The van der Waals surface area contributed by atoms with Crippen LogP contribution in [0.15, 0.2) is 71.8 Å². The van der Waals surface area contributed by atoms with Crippen molar-refractivity contribution in [2.45, 2.75) is 0 Å². The van der Waals surface area contributed by atoms with Crippen LogP contribution in [0.25, 0.3) is 12.2 Å². The molecule has 7 heteroatoms. The van der Waals surface area contributed by atoms with E-state index in [2.05, 4.69) is 10.4 Å². The second-order valence-corrected chi connectivity index (χ2v) is 6.54. The lowest BCUT2D eigenvalue weighted by Crippen LogP contribution is -2.12. The van der Waals surface area contributed by atoms with Crippen molar-refractivity contribution in [2.75, 3.05) is 19.5 Å². The van der Waals surface area contributed by atoms with E-state index in [-0.39, 0.29) is 5.91 Å². The number of nitrogens with zero attached hydrogens (tertiary/aromatic N) is 1.